The van der Waals surface area contributed by atoms with Gasteiger partial charge in [-0.15, -0.1) is 5.48 Å². The van der Waals surface area contributed by atoms with Crippen molar-refractivity contribution in [3.05, 3.63) is 34.7 Å². The Hall–Kier alpha value is -2.74. The number of aliphatic carboxylic acids is 1. The number of hydrogen-bond donors (Lipinski definition) is 6. The molecule has 29 heavy (non-hydrogen) atoms. The first-order chi connectivity index (χ1) is 13.8. The molecule has 0 saturated carbocycles. The van der Waals surface area contributed by atoms with Crippen molar-refractivity contribution in [3.8, 4) is 11.5 Å². The van der Waals surface area contributed by atoms with Crippen LogP contribution < -0.4 is 20.7 Å². The van der Waals surface area contributed by atoms with Crippen molar-refractivity contribution in [1.82, 2.24) is 5.48 Å². The van der Waals surface area contributed by atoms with Gasteiger partial charge in [0.25, 0.3) is 0 Å². The van der Waals surface area contributed by atoms with Crippen LogP contribution in [0.2, 0.25) is 0 Å². The predicted molar refractivity (Wildman–Crippen MR) is 93.1 cm³/mol. The summed E-state index contributed by atoms with van der Waals surface area (Å²) < 4.78 is 15.8. The lowest BCUT2D eigenvalue weighted by Gasteiger charge is -2.39. The van der Waals surface area contributed by atoms with E-state index in [9.17, 15) is 30.0 Å². The average molecular weight is 413 g/mol. The third-order valence-electron chi connectivity index (χ3n) is 4.18. The first-order valence-electron chi connectivity index (χ1n) is 8.46. The second-order valence-corrected chi connectivity index (χ2v) is 6.22. The number of carboxylic acids is 1. The van der Waals surface area contributed by atoms with Crippen molar-refractivity contribution in [2.75, 3.05) is 13.2 Å². The molecule has 6 N–H and O–H groups in total. The number of carbonyl (C=O) groups is 1. The molecule has 1 aromatic carbocycles. The van der Waals surface area contributed by atoms with Gasteiger partial charge >= 0.3 is 11.6 Å². The standard InChI is InChI=1S/C17H19NO11/c19-6-11-14(23)15(24)16(25)17(28-11)26-7-1-2-8-9(3-7)27-13(22)4-10(8)29-18-5-12(20)21/h1-4,11,14-19,23-25H,5-6H2,(H,20,21)/t11-,14+,15+,16-,17-/m1/s1. The van der Waals surface area contributed by atoms with Crippen LogP contribution in [-0.2, 0) is 9.53 Å². The van der Waals surface area contributed by atoms with E-state index in [1.54, 1.807) is 0 Å². The van der Waals surface area contributed by atoms with Gasteiger partial charge in [0.2, 0.25) is 6.29 Å². The SMILES string of the molecule is O=C(O)CNOc1cc(=O)oc2cc(O[C@@H]3O[C@H](CO)[C@H](O)[C@H](O)[C@H]3O)ccc12. The van der Waals surface area contributed by atoms with Crippen molar-refractivity contribution < 1.29 is 49.1 Å². The van der Waals surface area contributed by atoms with Gasteiger partial charge in [-0.2, -0.15) is 0 Å². The predicted octanol–water partition coefficient (Wildman–Crippen LogP) is -2.06. The molecule has 0 bridgehead atoms. The smallest absolute Gasteiger partial charge is 0.340 e. The van der Waals surface area contributed by atoms with Crippen LogP contribution in [0.25, 0.3) is 11.0 Å². The quantitative estimate of drug-likeness (QED) is 0.215. The van der Waals surface area contributed by atoms with E-state index in [2.05, 4.69) is 5.48 Å². The van der Waals surface area contributed by atoms with Crippen LogP contribution in [0.5, 0.6) is 11.5 Å². The molecule has 2 aromatic rings. The molecule has 0 radical (unpaired) electrons. The molecule has 12 nitrogen and oxygen atoms in total. The molecule has 0 unspecified atom stereocenters. The van der Waals surface area contributed by atoms with Gasteiger partial charge in [-0.3, -0.25) is 4.79 Å². The van der Waals surface area contributed by atoms with Gasteiger partial charge in [-0.1, -0.05) is 0 Å². The van der Waals surface area contributed by atoms with E-state index in [1.807, 2.05) is 0 Å². The molecule has 5 atom stereocenters. The minimum absolute atomic E-state index is 0.0249. The Bertz CT molecular complexity index is 927. The van der Waals surface area contributed by atoms with Crippen molar-refractivity contribution in [3.63, 3.8) is 0 Å². The second-order valence-electron chi connectivity index (χ2n) is 6.22. The van der Waals surface area contributed by atoms with E-state index < -0.39 is 55.5 Å². The van der Waals surface area contributed by atoms with Crippen molar-refractivity contribution in [2.45, 2.75) is 30.7 Å². The van der Waals surface area contributed by atoms with Gasteiger partial charge in [0.05, 0.1) is 18.1 Å². The van der Waals surface area contributed by atoms with Gasteiger partial charge in [0.15, 0.2) is 5.75 Å². The van der Waals surface area contributed by atoms with Crippen LogP contribution >= 0.6 is 0 Å². The lowest BCUT2D eigenvalue weighted by molar-refractivity contribution is -0.277. The fraction of sp³-hybridized carbons (Fsp3) is 0.412. The molecule has 0 amide bonds. The second kappa shape index (κ2) is 8.73. The molecular formula is C17H19NO11. The number of hydroxylamine groups is 1. The van der Waals surface area contributed by atoms with E-state index in [1.165, 1.54) is 18.2 Å². The molecule has 0 aliphatic carbocycles. The van der Waals surface area contributed by atoms with Gasteiger partial charge < -0.3 is 44.3 Å². The molecule has 158 valence electrons. The highest BCUT2D eigenvalue weighted by Gasteiger charge is 2.44. The van der Waals surface area contributed by atoms with Crippen LogP contribution in [0.15, 0.2) is 33.5 Å². The first kappa shape index (κ1) is 21.0. The zero-order valence-electron chi connectivity index (χ0n) is 14.8. The molecule has 1 aromatic heterocycles. The normalized spacial score (nSPS) is 27.0. The third-order valence-corrected chi connectivity index (χ3v) is 4.18. The topological polar surface area (TPSA) is 188 Å². The summed E-state index contributed by atoms with van der Waals surface area (Å²) in [6.45, 7) is -1.11. The largest absolute Gasteiger partial charge is 0.480 e. The molecule has 12 heteroatoms. The summed E-state index contributed by atoms with van der Waals surface area (Å²) >= 11 is 0. The van der Waals surface area contributed by atoms with E-state index in [0.717, 1.165) is 6.07 Å². The van der Waals surface area contributed by atoms with Gasteiger partial charge in [0, 0.05) is 6.07 Å². The maximum atomic E-state index is 11.7. The van der Waals surface area contributed by atoms with Crippen LogP contribution in [0.4, 0.5) is 0 Å². The number of ether oxygens (including phenoxy) is 2. The molecule has 1 aliphatic heterocycles. The Morgan fingerprint density at radius 2 is 1.90 bits per heavy atom. The number of aliphatic hydroxyl groups is 4. The highest BCUT2D eigenvalue weighted by atomic mass is 16.7. The fourth-order valence-corrected chi connectivity index (χ4v) is 2.75. The monoisotopic (exact) mass is 413 g/mol. The lowest BCUT2D eigenvalue weighted by atomic mass is 9.99. The van der Waals surface area contributed by atoms with E-state index in [4.69, 9.17) is 23.8 Å². The summed E-state index contributed by atoms with van der Waals surface area (Å²) in [5, 5.41) is 47.8. The van der Waals surface area contributed by atoms with Gasteiger partial charge in [-0.25, -0.2) is 4.79 Å². The summed E-state index contributed by atoms with van der Waals surface area (Å²) in [6.07, 6.45) is -7.29. The number of benzene rings is 1. The Morgan fingerprint density at radius 3 is 2.59 bits per heavy atom. The molecular weight excluding hydrogens is 394 g/mol. The van der Waals surface area contributed by atoms with Crippen molar-refractivity contribution >= 4 is 16.9 Å². The summed E-state index contributed by atoms with van der Waals surface area (Å²) in [7, 11) is 0. The van der Waals surface area contributed by atoms with Crippen LogP contribution in [0, 0.1) is 0 Å². The number of nitrogens with one attached hydrogen (secondary N) is 1. The molecule has 3 rings (SSSR count). The van der Waals surface area contributed by atoms with Crippen LogP contribution in [-0.4, -0.2) is 75.4 Å². The lowest BCUT2D eigenvalue weighted by Crippen LogP contribution is -2.60. The maximum Gasteiger partial charge on any atom is 0.340 e. The Balaban J connectivity index is 1.82. The zero-order valence-corrected chi connectivity index (χ0v) is 14.8. The molecule has 1 aliphatic rings. The van der Waals surface area contributed by atoms with E-state index >= 15 is 0 Å². The number of aliphatic hydroxyl groups excluding tert-OH is 4. The van der Waals surface area contributed by atoms with E-state index in [0.29, 0.717) is 5.39 Å². The number of carboxylic acid groups (broad SMARTS) is 1. The highest BCUT2D eigenvalue weighted by Crippen LogP contribution is 2.29. The van der Waals surface area contributed by atoms with Crippen molar-refractivity contribution in [2.24, 2.45) is 0 Å². The minimum Gasteiger partial charge on any atom is -0.480 e. The summed E-state index contributed by atoms with van der Waals surface area (Å²) in [4.78, 5) is 27.4. The van der Waals surface area contributed by atoms with E-state index in [-0.39, 0.29) is 17.1 Å². The van der Waals surface area contributed by atoms with Crippen LogP contribution in [0.3, 0.4) is 0 Å². The third kappa shape index (κ3) is 4.64. The summed E-state index contributed by atoms with van der Waals surface area (Å²) in [5.74, 6) is -1.05. The highest BCUT2D eigenvalue weighted by molar-refractivity contribution is 5.84. The maximum absolute atomic E-state index is 11.7. The van der Waals surface area contributed by atoms with Crippen LogP contribution in [0.1, 0.15) is 0 Å². The first-order valence-corrected chi connectivity index (χ1v) is 8.46. The number of rotatable bonds is 7. The summed E-state index contributed by atoms with van der Waals surface area (Å²) in [5.41, 5.74) is 1.45. The molecule has 2 heterocycles. The molecule has 1 fully saturated rings. The summed E-state index contributed by atoms with van der Waals surface area (Å²) in [6, 6.07) is 5.20. The fourth-order valence-electron chi connectivity index (χ4n) is 2.75. The zero-order chi connectivity index (χ0) is 21.1. The Morgan fingerprint density at radius 1 is 1.14 bits per heavy atom. The Kier molecular flexibility index (Phi) is 6.32. The minimum atomic E-state index is -1.61. The molecule has 0 spiro atoms. The average Bonchev–Trinajstić information content (AvgIpc) is 2.67. The number of fused-ring (bicyclic) bond motifs is 1. The molecule has 1 saturated heterocycles. The Labute approximate surface area is 162 Å². The van der Waals surface area contributed by atoms with Gasteiger partial charge in [-0.05, 0) is 12.1 Å². The van der Waals surface area contributed by atoms with Crippen molar-refractivity contribution in [1.29, 1.82) is 0 Å². The van der Waals surface area contributed by atoms with Gasteiger partial charge in [0.1, 0.15) is 42.3 Å². The number of hydrogen-bond acceptors (Lipinski definition) is 11.